The lowest BCUT2D eigenvalue weighted by Crippen LogP contribution is -2.33. The van der Waals surface area contributed by atoms with Gasteiger partial charge in [-0.2, -0.15) is 0 Å². The molecular weight excluding hydrogens is 328 g/mol. The molecule has 0 saturated heterocycles. The molecule has 1 aromatic rings. The number of rotatable bonds is 12. The molecule has 1 atom stereocenters. The summed E-state index contributed by atoms with van der Waals surface area (Å²) in [6.45, 7) is 4.64. The Labute approximate surface area is 157 Å². The highest BCUT2D eigenvalue weighted by molar-refractivity contribution is 5.78. The predicted molar refractivity (Wildman–Crippen MR) is 104 cm³/mol. The summed E-state index contributed by atoms with van der Waals surface area (Å²) in [6, 6.07) is 5.39. The van der Waals surface area contributed by atoms with Gasteiger partial charge in [0, 0.05) is 30.6 Å². The minimum Gasteiger partial charge on any atom is -0.379 e. The molecule has 1 N–H and O–H groups in total. The van der Waals surface area contributed by atoms with E-state index in [-0.39, 0.29) is 6.04 Å². The smallest absolute Gasteiger partial charge is 0.150 e. The maximum absolute atomic E-state index is 11.4. The Hall–Kier alpha value is -2.00. The van der Waals surface area contributed by atoms with Gasteiger partial charge in [0.1, 0.15) is 12.6 Å². The SMILES string of the molecule is CCCC(C=O)N(C)Cc1c(C#CCCOCCNC)cccc1C=O. The van der Waals surface area contributed by atoms with Crippen molar-refractivity contribution >= 4 is 12.6 Å². The van der Waals surface area contributed by atoms with Crippen molar-refractivity contribution in [2.45, 2.75) is 38.8 Å². The number of carbonyl (C=O) groups excluding carboxylic acids is 2. The first-order valence-corrected chi connectivity index (χ1v) is 9.11. The van der Waals surface area contributed by atoms with Crippen LogP contribution in [0.4, 0.5) is 0 Å². The van der Waals surface area contributed by atoms with Gasteiger partial charge >= 0.3 is 0 Å². The second kappa shape index (κ2) is 13.2. The number of likely N-dealkylation sites (N-methyl/N-ethyl adjacent to an activating group) is 2. The maximum Gasteiger partial charge on any atom is 0.150 e. The summed E-state index contributed by atoms with van der Waals surface area (Å²) >= 11 is 0. The van der Waals surface area contributed by atoms with E-state index in [2.05, 4.69) is 24.1 Å². The van der Waals surface area contributed by atoms with Crippen LogP contribution >= 0.6 is 0 Å². The number of ether oxygens (including phenoxy) is 1. The number of carbonyl (C=O) groups is 2. The average molecular weight is 358 g/mol. The summed E-state index contributed by atoms with van der Waals surface area (Å²) in [5.74, 6) is 6.27. The maximum atomic E-state index is 11.4. The fourth-order valence-electron chi connectivity index (χ4n) is 2.62. The van der Waals surface area contributed by atoms with Gasteiger partial charge in [-0.15, -0.1) is 0 Å². The standard InChI is InChI=1S/C21H30N2O3/c1-4-8-20(17-25)23(3)15-21-18(10-7-11-19(21)16-24)9-5-6-13-26-14-12-22-2/h7,10-11,16-17,20,22H,4,6,8,12-15H2,1-3H3. The quantitative estimate of drug-likeness (QED) is 0.353. The van der Waals surface area contributed by atoms with E-state index in [1.807, 2.05) is 31.1 Å². The topological polar surface area (TPSA) is 58.6 Å². The molecule has 0 aliphatic carbocycles. The highest BCUT2D eigenvalue weighted by Gasteiger charge is 2.16. The summed E-state index contributed by atoms with van der Waals surface area (Å²) in [6.07, 6.45) is 4.19. The lowest BCUT2D eigenvalue weighted by atomic mass is 10.0. The van der Waals surface area contributed by atoms with Gasteiger partial charge in [-0.3, -0.25) is 9.69 Å². The zero-order valence-corrected chi connectivity index (χ0v) is 16.1. The average Bonchev–Trinajstić information content (AvgIpc) is 2.66. The van der Waals surface area contributed by atoms with Crippen LogP contribution in [0.15, 0.2) is 18.2 Å². The molecule has 1 unspecified atom stereocenters. The molecule has 5 heteroatoms. The Morgan fingerprint density at radius 1 is 1.31 bits per heavy atom. The van der Waals surface area contributed by atoms with Crippen molar-refractivity contribution in [3.05, 3.63) is 34.9 Å². The van der Waals surface area contributed by atoms with E-state index in [4.69, 9.17) is 4.74 Å². The molecular formula is C21H30N2O3. The van der Waals surface area contributed by atoms with Crippen LogP contribution in [-0.4, -0.2) is 57.4 Å². The first kappa shape index (κ1) is 22.0. The van der Waals surface area contributed by atoms with E-state index in [1.54, 1.807) is 6.07 Å². The molecule has 5 nitrogen and oxygen atoms in total. The Morgan fingerprint density at radius 2 is 2.12 bits per heavy atom. The second-order valence-electron chi connectivity index (χ2n) is 6.17. The van der Waals surface area contributed by atoms with Crippen molar-refractivity contribution in [2.75, 3.05) is 33.9 Å². The minimum absolute atomic E-state index is 0.152. The highest BCUT2D eigenvalue weighted by atomic mass is 16.5. The number of nitrogens with zero attached hydrogens (tertiary/aromatic N) is 1. The minimum atomic E-state index is -0.152. The molecule has 0 aliphatic rings. The van der Waals surface area contributed by atoms with Gasteiger partial charge in [0.05, 0.1) is 19.3 Å². The van der Waals surface area contributed by atoms with Crippen molar-refractivity contribution in [2.24, 2.45) is 0 Å². The number of benzene rings is 1. The molecule has 0 fully saturated rings. The van der Waals surface area contributed by atoms with Gasteiger partial charge in [-0.1, -0.05) is 37.3 Å². The van der Waals surface area contributed by atoms with Gasteiger partial charge in [0.15, 0.2) is 0 Å². The van der Waals surface area contributed by atoms with Crippen molar-refractivity contribution in [3.8, 4) is 11.8 Å². The summed E-state index contributed by atoms with van der Waals surface area (Å²) in [4.78, 5) is 24.7. The fraction of sp³-hybridized carbons (Fsp3) is 0.524. The Balaban J connectivity index is 2.84. The van der Waals surface area contributed by atoms with Gasteiger partial charge in [-0.25, -0.2) is 0 Å². The molecule has 0 heterocycles. The first-order chi connectivity index (χ1) is 12.7. The molecule has 0 saturated carbocycles. The zero-order chi connectivity index (χ0) is 19.2. The molecule has 0 aliphatic heterocycles. The molecule has 0 radical (unpaired) electrons. The van der Waals surface area contributed by atoms with Crippen LogP contribution in [-0.2, 0) is 16.1 Å². The predicted octanol–water partition coefficient (Wildman–Crippen LogP) is 2.28. The molecule has 1 rings (SSSR count). The van der Waals surface area contributed by atoms with Crippen LogP contribution in [0, 0.1) is 11.8 Å². The monoisotopic (exact) mass is 358 g/mol. The van der Waals surface area contributed by atoms with Crippen LogP contribution in [0.2, 0.25) is 0 Å². The zero-order valence-electron chi connectivity index (χ0n) is 16.1. The van der Waals surface area contributed by atoms with Crippen molar-refractivity contribution in [3.63, 3.8) is 0 Å². The third-order valence-corrected chi connectivity index (χ3v) is 4.15. The van der Waals surface area contributed by atoms with E-state index in [0.29, 0.717) is 31.7 Å². The normalized spacial score (nSPS) is 11.7. The third-order valence-electron chi connectivity index (χ3n) is 4.15. The number of hydrogen-bond donors (Lipinski definition) is 1. The molecule has 0 aromatic heterocycles. The fourth-order valence-corrected chi connectivity index (χ4v) is 2.62. The molecule has 142 valence electrons. The van der Waals surface area contributed by atoms with Crippen LogP contribution in [0.5, 0.6) is 0 Å². The van der Waals surface area contributed by atoms with E-state index in [9.17, 15) is 9.59 Å². The van der Waals surface area contributed by atoms with Crippen LogP contribution in [0.3, 0.4) is 0 Å². The van der Waals surface area contributed by atoms with Gasteiger partial charge in [-0.05, 0) is 32.1 Å². The summed E-state index contributed by atoms with van der Waals surface area (Å²) in [7, 11) is 3.79. The molecule has 1 aromatic carbocycles. The molecule has 0 bridgehead atoms. The summed E-state index contributed by atoms with van der Waals surface area (Å²) in [5.41, 5.74) is 2.32. The van der Waals surface area contributed by atoms with E-state index in [0.717, 1.165) is 43.1 Å². The molecule has 26 heavy (non-hydrogen) atoms. The van der Waals surface area contributed by atoms with E-state index in [1.165, 1.54) is 0 Å². The van der Waals surface area contributed by atoms with Crippen LogP contribution < -0.4 is 5.32 Å². The van der Waals surface area contributed by atoms with Crippen molar-refractivity contribution < 1.29 is 14.3 Å². The van der Waals surface area contributed by atoms with Crippen LogP contribution in [0.1, 0.15) is 47.7 Å². The van der Waals surface area contributed by atoms with Crippen molar-refractivity contribution in [1.82, 2.24) is 10.2 Å². The summed E-state index contributed by atoms with van der Waals surface area (Å²) in [5, 5.41) is 3.02. The van der Waals surface area contributed by atoms with Gasteiger partial charge in [0.2, 0.25) is 0 Å². The van der Waals surface area contributed by atoms with Crippen molar-refractivity contribution in [1.29, 1.82) is 0 Å². The largest absolute Gasteiger partial charge is 0.379 e. The summed E-state index contributed by atoms with van der Waals surface area (Å²) < 4.78 is 5.46. The lowest BCUT2D eigenvalue weighted by Gasteiger charge is -2.24. The number of hydrogen-bond acceptors (Lipinski definition) is 5. The van der Waals surface area contributed by atoms with E-state index < -0.39 is 0 Å². The molecule has 0 spiro atoms. The first-order valence-electron chi connectivity index (χ1n) is 9.11. The lowest BCUT2D eigenvalue weighted by molar-refractivity contribution is -0.112. The van der Waals surface area contributed by atoms with Gasteiger partial charge in [0.25, 0.3) is 0 Å². The Bertz CT molecular complexity index is 619. The third kappa shape index (κ3) is 7.49. The van der Waals surface area contributed by atoms with E-state index >= 15 is 0 Å². The number of nitrogens with one attached hydrogen (secondary N) is 1. The number of aldehydes is 2. The second-order valence-corrected chi connectivity index (χ2v) is 6.17. The Morgan fingerprint density at radius 3 is 2.77 bits per heavy atom. The van der Waals surface area contributed by atoms with Crippen LogP contribution in [0.25, 0.3) is 0 Å². The highest BCUT2D eigenvalue weighted by Crippen LogP contribution is 2.17. The molecule has 0 amide bonds. The Kier molecular flexibility index (Phi) is 11.2. The van der Waals surface area contributed by atoms with Gasteiger partial charge < -0.3 is 14.8 Å².